The van der Waals surface area contributed by atoms with E-state index in [2.05, 4.69) is 50.6 Å². The van der Waals surface area contributed by atoms with Crippen LogP contribution >= 0.6 is 15.9 Å². The molecule has 0 fully saturated rings. The lowest BCUT2D eigenvalue weighted by Crippen LogP contribution is -2.11. The van der Waals surface area contributed by atoms with Crippen LogP contribution in [0.2, 0.25) is 0 Å². The molecule has 0 atom stereocenters. The Hall–Kier alpha value is -1.81. The molecule has 1 heterocycles. The van der Waals surface area contributed by atoms with Crippen LogP contribution in [-0.2, 0) is 6.54 Å². The summed E-state index contributed by atoms with van der Waals surface area (Å²) >= 11 is 3.47. The predicted octanol–water partition coefficient (Wildman–Crippen LogP) is 3.91. The lowest BCUT2D eigenvalue weighted by Gasteiger charge is -2.07. The number of benzene rings is 2. The maximum atomic E-state index is 4.41. The first-order valence-corrected chi connectivity index (χ1v) is 7.02. The summed E-state index contributed by atoms with van der Waals surface area (Å²) in [4.78, 5) is 0. The molecule has 19 heavy (non-hydrogen) atoms. The molecule has 1 N–H and O–H groups in total. The minimum absolute atomic E-state index is 0.847. The summed E-state index contributed by atoms with van der Waals surface area (Å²) in [6.45, 7) is 1.70. The van der Waals surface area contributed by atoms with E-state index in [-0.39, 0.29) is 0 Å². The Morgan fingerprint density at radius 1 is 1.11 bits per heavy atom. The van der Waals surface area contributed by atoms with Crippen LogP contribution < -0.4 is 5.32 Å². The van der Waals surface area contributed by atoms with Crippen LogP contribution in [0.5, 0.6) is 0 Å². The third-order valence-corrected chi connectivity index (χ3v) is 3.52. The minimum Gasteiger partial charge on any atom is -0.383 e. The van der Waals surface area contributed by atoms with Gasteiger partial charge in [-0.15, -0.1) is 0 Å². The van der Waals surface area contributed by atoms with E-state index >= 15 is 0 Å². The quantitative estimate of drug-likeness (QED) is 0.791. The molecule has 1 aromatic heterocycles. The Morgan fingerprint density at radius 3 is 2.89 bits per heavy atom. The molecule has 0 amide bonds. The van der Waals surface area contributed by atoms with Crippen molar-refractivity contribution in [1.29, 1.82) is 0 Å². The first-order chi connectivity index (χ1) is 9.33. The van der Waals surface area contributed by atoms with Crippen molar-refractivity contribution < 1.29 is 0 Å². The summed E-state index contributed by atoms with van der Waals surface area (Å²) in [6, 6.07) is 16.4. The van der Waals surface area contributed by atoms with Gasteiger partial charge in [0.15, 0.2) is 0 Å². The molecule has 96 valence electrons. The molecule has 0 aliphatic heterocycles. The zero-order valence-corrected chi connectivity index (χ0v) is 12.0. The third kappa shape index (κ3) is 2.79. The van der Waals surface area contributed by atoms with Crippen molar-refractivity contribution in [3.05, 3.63) is 59.2 Å². The predicted molar refractivity (Wildman–Crippen MR) is 82.4 cm³/mol. The topological polar surface area (TPSA) is 29.9 Å². The normalized spacial score (nSPS) is 10.8. The van der Waals surface area contributed by atoms with Gasteiger partial charge in [-0.25, -0.2) is 0 Å². The van der Waals surface area contributed by atoms with E-state index < -0.39 is 0 Å². The molecule has 3 nitrogen and oxygen atoms in total. The number of halogens is 1. The summed E-state index contributed by atoms with van der Waals surface area (Å²) < 4.78 is 3.11. The largest absolute Gasteiger partial charge is 0.383 e. The lowest BCUT2D eigenvalue weighted by atomic mass is 10.2. The van der Waals surface area contributed by atoms with Gasteiger partial charge in [-0.3, -0.25) is 4.68 Å². The van der Waals surface area contributed by atoms with Gasteiger partial charge in [-0.2, -0.15) is 5.10 Å². The van der Waals surface area contributed by atoms with Crippen molar-refractivity contribution in [2.75, 3.05) is 11.9 Å². The van der Waals surface area contributed by atoms with Crippen LogP contribution in [-0.4, -0.2) is 16.3 Å². The van der Waals surface area contributed by atoms with Crippen molar-refractivity contribution in [3.8, 4) is 0 Å². The highest BCUT2D eigenvalue weighted by atomic mass is 79.9. The van der Waals surface area contributed by atoms with Crippen molar-refractivity contribution >= 4 is 32.5 Å². The molecule has 0 saturated heterocycles. The summed E-state index contributed by atoms with van der Waals surface area (Å²) in [5.74, 6) is 0. The van der Waals surface area contributed by atoms with Gasteiger partial charge in [0, 0.05) is 22.1 Å². The van der Waals surface area contributed by atoms with Crippen LogP contribution in [0.1, 0.15) is 0 Å². The fourth-order valence-corrected chi connectivity index (χ4v) is 2.51. The zero-order valence-electron chi connectivity index (χ0n) is 10.4. The number of anilines is 1. The molecule has 3 aromatic rings. The number of para-hydroxylation sites is 1. The van der Waals surface area contributed by atoms with Crippen LogP contribution in [0.4, 0.5) is 5.69 Å². The van der Waals surface area contributed by atoms with E-state index in [0.717, 1.165) is 23.2 Å². The number of fused-ring (bicyclic) bond motifs is 1. The first kappa shape index (κ1) is 12.2. The summed E-state index contributed by atoms with van der Waals surface area (Å²) in [6.07, 6.45) is 1.91. The van der Waals surface area contributed by atoms with Gasteiger partial charge >= 0.3 is 0 Å². The molecule has 0 saturated carbocycles. The highest BCUT2D eigenvalue weighted by Crippen LogP contribution is 2.16. The van der Waals surface area contributed by atoms with E-state index in [4.69, 9.17) is 0 Å². The molecule has 4 heteroatoms. The minimum atomic E-state index is 0.847. The highest BCUT2D eigenvalue weighted by Gasteiger charge is 2.00. The maximum Gasteiger partial charge on any atom is 0.0683 e. The molecule has 0 unspecified atom stereocenters. The van der Waals surface area contributed by atoms with E-state index in [1.54, 1.807) is 0 Å². The Morgan fingerprint density at radius 2 is 2.00 bits per heavy atom. The maximum absolute atomic E-state index is 4.41. The Balaban J connectivity index is 1.66. The Labute approximate surface area is 120 Å². The number of rotatable bonds is 4. The number of aromatic nitrogens is 2. The fraction of sp³-hybridized carbons (Fsp3) is 0.133. The van der Waals surface area contributed by atoms with Crippen molar-refractivity contribution in [2.45, 2.75) is 6.54 Å². The molecule has 0 radical (unpaired) electrons. The number of nitrogens with one attached hydrogen (secondary N) is 1. The third-order valence-electron chi connectivity index (χ3n) is 3.03. The first-order valence-electron chi connectivity index (χ1n) is 6.23. The van der Waals surface area contributed by atoms with Crippen molar-refractivity contribution in [2.24, 2.45) is 0 Å². The highest BCUT2D eigenvalue weighted by molar-refractivity contribution is 9.10. The summed E-state index contributed by atoms with van der Waals surface area (Å²) in [5, 5.41) is 8.99. The Bertz CT molecular complexity index is 690. The van der Waals surface area contributed by atoms with Gasteiger partial charge in [0.25, 0.3) is 0 Å². The van der Waals surface area contributed by atoms with E-state index in [1.165, 1.54) is 10.9 Å². The molecule has 0 bridgehead atoms. The number of nitrogens with zero attached hydrogens (tertiary/aromatic N) is 2. The smallest absolute Gasteiger partial charge is 0.0683 e. The average Bonchev–Trinajstić information content (AvgIpc) is 2.83. The van der Waals surface area contributed by atoms with Crippen molar-refractivity contribution in [1.82, 2.24) is 9.78 Å². The zero-order chi connectivity index (χ0) is 13.1. The standard InChI is InChI=1S/C15H14BrN3/c16-13-5-3-6-14(10-13)17-8-9-19-15-7-2-1-4-12(15)11-18-19/h1-7,10-11,17H,8-9H2. The lowest BCUT2D eigenvalue weighted by molar-refractivity contribution is 0.660. The molecular weight excluding hydrogens is 302 g/mol. The number of hydrogen-bond donors (Lipinski definition) is 1. The van der Waals surface area contributed by atoms with Gasteiger partial charge in [0.2, 0.25) is 0 Å². The van der Waals surface area contributed by atoms with Crippen molar-refractivity contribution in [3.63, 3.8) is 0 Å². The van der Waals surface area contributed by atoms with Gasteiger partial charge in [-0.1, -0.05) is 40.2 Å². The number of hydrogen-bond acceptors (Lipinski definition) is 2. The molecule has 3 rings (SSSR count). The molecule has 2 aromatic carbocycles. The van der Waals surface area contributed by atoms with Gasteiger partial charge in [0.1, 0.15) is 0 Å². The average molecular weight is 316 g/mol. The summed E-state index contributed by atoms with van der Waals surface area (Å²) in [5.41, 5.74) is 2.30. The second kappa shape index (κ2) is 5.45. The molecule has 0 aliphatic carbocycles. The van der Waals surface area contributed by atoms with E-state index in [1.807, 2.05) is 35.1 Å². The van der Waals surface area contributed by atoms with Gasteiger partial charge in [-0.05, 0) is 24.3 Å². The molecular formula is C15H14BrN3. The van der Waals surface area contributed by atoms with Crippen LogP contribution in [0.3, 0.4) is 0 Å². The van der Waals surface area contributed by atoms with Crippen LogP contribution in [0.25, 0.3) is 10.9 Å². The second-order valence-electron chi connectivity index (χ2n) is 4.36. The monoisotopic (exact) mass is 315 g/mol. The van der Waals surface area contributed by atoms with Gasteiger partial charge in [0.05, 0.1) is 18.3 Å². The molecule has 0 aliphatic rings. The van der Waals surface area contributed by atoms with E-state index in [0.29, 0.717) is 0 Å². The van der Waals surface area contributed by atoms with E-state index in [9.17, 15) is 0 Å². The summed E-state index contributed by atoms with van der Waals surface area (Å²) in [7, 11) is 0. The van der Waals surface area contributed by atoms with Crippen LogP contribution in [0.15, 0.2) is 59.2 Å². The SMILES string of the molecule is Brc1cccc(NCCn2ncc3ccccc32)c1. The fourth-order valence-electron chi connectivity index (χ4n) is 2.11. The molecule has 0 spiro atoms. The van der Waals surface area contributed by atoms with Gasteiger partial charge < -0.3 is 5.32 Å². The second-order valence-corrected chi connectivity index (χ2v) is 5.28. The van der Waals surface area contributed by atoms with Crippen LogP contribution in [0, 0.1) is 0 Å². The Kier molecular flexibility index (Phi) is 3.51.